The largest absolute Gasteiger partial charge is 0.436 e. The monoisotopic (exact) mass is 334 g/mol. The number of nitrogens with zero attached hydrogens (tertiary/aromatic N) is 3. The van der Waals surface area contributed by atoms with Gasteiger partial charge < -0.3 is 15.4 Å². The number of fused-ring (bicyclic) bond motifs is 1. The number of benzene rings is 2. The van der Waals surface area contributed by atoms with Crippen molar-refractivity contribution in [2.75, 3.05) is 23.7 Å². The molecule has 1 fully saturated rings. The number of nitrogen functional groups attached to an aromatic ring is 1. The first kappa shape index (κ1) is 15.7. The van der Waals surface area contributed by atoms with Gasteiger partial charge in [0.25, 0.3) is 0 Å². The predicted molar refractivity (Wildman–Crippen MR) is 101 cm³/mol. The molecule has 128 valence electrons. The first-order chi connectivity index (χ1) is 12.3. The summed E-state index contributed by atoms with van der Waals surface area (Å²) in [5.41, 5.74) is 6.88. The van der Waals surface area contributed by atoms with E-state index in [9.17, 15) is 0 Å². The van der Waals surface area contributed by atoms with Gasteiger partial charge in [-0.1, -0.05) is 49.2 Å². The van der Waals surface area contributed by atoms with E-state index in [2.05, 4.69) is 27.0 Å². The van der Waals surface area contributed by atoms with Crippen LogP contribution in [0.1, 0.15) is 25.7 Å². The topological polar surface area (TPSA) is 64.3 Å². The van der Waals surface area contributed by atoms with Crippen LogP contribution in [0.4, 0.5) is 11.5 Å². The van der Waals surface area contributed by atoms with Crippen molar-refractivity contribution in [3.05, 3.63) is 48.8 Å². The molecule has 0 radical (unpaired) electrons. The molecule has 2 N–H and O–H groups in total. The summed E-state index contributed by atoms with van der Waals surface area (Å²) in [4.78, 5) is 10.9. The molecule has 1 aliphatic heterocycles. The van der Waals surface area contributed by atoms with E-state index in [0.717, 1.165) is 35.4 Å². The fourth-order valence-electron chi connectivity index (χ4n) is 3.38. The van der Waals surface area contributed by atoms with Crippen molar-refractivity contribution < 1.29 is 4.74 Å². The Hall–Kier alpha value is -2.82. The Morgan fingerprint density at radius 1 is 0.880 bits per heavy atom. The van der Waals surface area contributed by atoms with Crippen molar-refractivity contribution in [1.82, 2.24) is 9.97 Å². The molecule has 4 rings (SSSR count). The Kier molecular flexibility index (Phi) is 4.37. The number of aromatic nitrogens is 2. The number of nitrogens with two attached hydrogens (primary N) is 1. The fraction of sp³-hybridized carbons (Fsp3) is 0.300. The van der Waals surface area contributed by atoms with Gasteiger partial charge >= 0.3 is 0 Å². The lowest BCUT2D eigenvalue weighted by atomic mass is 10.1. The molecule has 3 aromatic rings. The zero-order valence-corrected chi connectivity index (χ0v) is 14.2. The molecule has 2 aromatic carbocycles. The minimum atomic E-state index is 0.422. The number of ether oxygens (including phenoxy) is 1. The van der Waals surface area contributed by atoms with Gasteiger partial charge in [0.2, 0.25) is 5.88 Å². The van der Waals surface area contributed by atoms with Crippen LogP contribution in [0.3, 0.4) is 0 Å². The summed E-state index contributed by atoms with van der Waals surface area (Å²) >= 11 is 0. The summed E-state index contributed by atoms with van der Waals surface area (Å²) < 4.78 is 6.08. The normalized spacial score (nSPS) is 15.1. The molecule has 25 heavy (non-hydrogen) atoms. The molecule has 0 unspecified atom stereocenters. The first-order valence-corrected chi connectivity index (χ1v) is 8.84. The molecular weight excluding hydrogens is 312 g/mol. The van der Waals surface area contributed by atoms with Crippen LogP contribution in [0.15, 0.2) is 48.8 Å². The molecular formula is C20H22N4O. The molecule has 0 atom stereocenters. The van der Waals surface area contributed by atoms with E-state index >= 15 is 0 Å². The Balaban J connectivity index is 1.67. The third kappa shape index (κ3) is 3.22. The number of hydrogen-bond donors (Lipinski definition) is 1. The van der Waals surface area contributed by atoms with Gasteiger partial charge in [-0.25, -0.2) is 4.98 Å². The molecule has 0 amide bonds. The molecule has 5 heteroatoms. The van der Waals surface area contributed by atoms with Crippen LogP contribution in [0.25, 0.3) is 10.8 Å². The average Bonchev–Trinajstić information content (AvgIpc) is 2.93. The summed E-state index contributed by atoms with van der Waals surface area (Å²) in [5, 5.41) is 2.17. The number of anilines is 2. The van der Waals surface area contributed by atoms with Crippen LogP contribution in [-0.2, 0) is 0 Å². The van der Waals surface area contributed by atoms with Crippen molar-refractivity contribution in [1.29, 1.82) is 0 Å². The molecule has 1 aliphatic rings. The van der Waals surface area contributed by atoms with Gasteiger partial charge in [0.15, 0.2) is 5.82 Å². The van der Waals surface area contributed by atoms with E-state index in [1.54, 1.807) is 0 Å². The van der Waals surface area contributed by atoms with E-state index in [1.165, 1.54) is 32.0 Å². The summed E-state index contributed by atoms with van der Waals surface area (Å²) in [5.74, 6) is 1.96. The molecule has 0 spiro atoms. The molecule has 2 heterocycles. The fourth-order valence-corrected chi connectivity index (χ4v) is 3.38. The second-order valence-corrected chi connectivity index (χ2v) is 6.40. The highest BCUT2D eigenvalue weighted by molar-refractivity contribution is 5.88. The number of rotatable bonds is 3. The van der Waals surface area contributed by atoms with Gasteiger partial charge in [0.1, 0.15) is 17.8 Å². The summed E-state index contributed by atoms with van der Waals surface area (Å²) in [7, 11) is 0. The third-order valence-corrected chi connectivity index (χ3v) is 4.69. The summed E-state index contributed by atoms with van der Waals surface area (Å²) in [6, 6.07) is 14.1. The van der Waals surface area contributed by atoms with Gasteiger partial charge in [-0.3, -0.25) is 0 Å². The van der Waals surface area contributed by atoms with Crippen molar-refractivity contribution in [2.24, 2.45) is 0 Å². The maximum Gasteiger partial charge on any atom is 0.248 e. The van der Waals surface area contributed by atoms with Gasteiger partial charge in [-0.2, -0.15) is 4.98 Å². The van der Waals surface area contributed by atoms with Crippen LogP contribution < -0.4 is 15.4 Å². The van der Waals surface area contributed by atoms with Crippen molar-refractivity contribution in [3.8, 4) is 11.6 Å². The zero-order chi connectivity index (χ0) is 17.1. The van der Waals surface area contributed by atoms with Crippen LogP contribution in [-0.4, -0.2) is 23.1 Å². The Morgan fingerprint density at radius 3 is 2.48 bits per heavy atom. The van der Waals surface area contributed by atoms with Crippen molar-refractivity contribution in [3.63, 3.8) is 0 Å². The molecule has 0 aliphatic carbocycles. The number of hydrogen-bond acceptors (Lipinski definition) is 5. The minimum absolute atomic E-state index is 0.422. The van der Waals surface area contributed by atoms with Crippen molar-refractivity contribution >= 4 is 22.3 Å². The van der Waals surface area contributed by atoms with Crippen molar-refractivity contribution in [2.45, 2.75) is 25.7 Å². The standard InChI is InChI=1S/C20H22N4O/c21-18-19(24-12-5-1-2-6-13-24)22-14-23-20(18)25-17-11-7-9-15-8-3-4-10-16(15)17/h3-4,7-11,14H,1-2,5-6,12-13,21H2. The molecule has 1 saturated heterocycles. The van der Waals surface area contributed by atoms with E-state index < -0.39 is 0 Å². The van der Waals surface area contributed by atoms with Crippen LogP contribution in [0.2, 0.25) is 0 Å². The second kappa shape index (κ2) is 6.97. The van der Waals surface area contributed by atoms with Crippen LogP contribution in [0.5, 0.6) is 11.6 Å². The highest BCUT2D eigenvalue weighted by Gasteiger charge is 2.18. The minimum Gasteiger partial charge on any atom is -0.436 e. The summed E-state index contributed by atoms with van der Waals surface area (Å²) in [6.07, 6.45) is 6.41. The quantitative estimate of drug-likeness (QED) is 0.770. The van der Waals surface area contributed by atoms with Gasteiger partial charge in [-0.05, 0) is 24.3 Å². The third-order valence-electron chi connectivity index (χ3n) is 4.69. The molecule has 5 nitrogen and oxygen atoms in total. The smallest absolute Gasteiger partial charge is 0.248 e. The average molecular weight is 334 g/mol. The van der Waals surface area contributed by atoms with E-state index in [0.29, 0.717) is 11.6 Å². The zero-order valence-electron chi connectivity index (χ0n) is 14.2. The Bertz CT molecular complexity index is 867. The highest BCUT2D eigenvalue weighted by atomic mass is 16.5. The highest BCUT2D eigenvalue weighted by Crippen LogP contribution is 2.35. The van der Waals surface area contributed by atoms with Gasteiger partial charge in [-0.15, -0.1) is 0 Å². The second-order valence-electron chi connectivity index (χ2n) is 6.40. The predicted octanol–water partition coefficient (Wildman–Crippen LogP) is 4.38. The summed E-state index contributed by atoms with van der Waals surface area (Å²) in [6.45, 7) is 1.96. The maximum absolute atomic E-state index is 6.37. The van der Waals surface area contributed by atoms with Gasteiger partial charge in [0, 0.05) is 18.5 Å². The van der Waals surface area contributed by atoms with E-state index in [4.69, 9.17) is 10.5 Å². The lowest BCUT2D eigenvalue weighted by Crippen LogP contribution is -2.26. The Labute approximate surface area is 147 Å². The maximum atomic E-state index is 6.37. The molecule has 0 bridgehead atoms. The van der Waals surface area contributed by atoms with E-state index in [1.807, 2.05) is 30.3 Å². The SMILES string of the molecule is Nc1c(Oc2cccc3ccccc23)ncnc1N1CCCCCC1. The van der Waals surface area contributed by atoms with Crippen LogP contribution >= 0.6 is 0 Å². The van der Waals surface area contributed by atoms with E-state index in [-0.39, 0.29) is 0 Å². The first-order valence-electron chi connectivity index (χ1n) is 8.84. The van der Waals surface area contributed by atoms with Crippen LogP contribution in [0, 0.1) is 0 Å². The molecule has 1 aromatic heterocycles. The lowest BCUT2D eigenvalue weighted by Gasteiger charge is -2.23. The Morgan fingerprint density at radius 2 is 1.64 bits per heavy atom. The van der Waals surface area contributed by atoms with Gasteiger partial charge in [0.05, 0.1) is 0 Å². The lowest BCUT2D eigenvalue weighted by molar-refractivity contribution is 0.469. The molecule has 0 saturated carbocycles.